The summed E-state index contributed by atoms with van der Waals surface area (Å²) < 4.78 is 29.5. The average Bonchev–Trinajstić information content (AvgIpc) is 3.41. The van der Waals surface area contributed by atoms with Crippen LogP contribution in [0.25, 0.3) is 10.8 Å². The largest absolute Gasteiger partial charge is 0.347 e. The lowest BCUT2D eigenvalue weighted by Gasteiger charge is -2.18. The molecule has 8 nitrogen and oxygen atoms in total. The van der Waals surface area contributed by atoms with Crippen molar-refractivity contribution in [2.24, 2.45) is 0 Å². The lowest BCUT2D eigenvalue weighted by atomic mass is 10.1. The highest BCUT2D eigenvalue weighted by atomic mass is 32.2. The molecule has 1 aliphatic carbocycles. The third-order valence-corrected chi connectivity index (χ3v) is 7.19. The van der Waals surface area contributed by atoms with E-state index in [4.69, 9.17) is 12.2 Å². The third kappa shape index (κ3) is 2.63. The first-order valence-corrected chi connectivity index (χ1v) is 10.8. The number of hydrogen-bond donors (Lipinski definition) is 2. The van der Waals surface area contributed by atoms with Crippen LogP contribution in [-0.4, -0.2) is 35.6 Å². The number of carbonyl (C=O) groups is 1. The number of nitrogens with zero attached hydrogens (tertiary/aromatic N) is 3. The molecule has 2 aliphatic rings. The zero-order valence-corrected chi connectivity index (χ0v) is 16.4. The summed E-state index contributed by atoms with van der Waals surface area (Å²) in [4.78, 5) is 12.8. The summed E-state index contributed by atoms with van der Waals surface area (Å²) in [6, 6.07) is 10.9. The summed E-state index contributed by atoms with van der Waals surface area (Å²) >= 11 is 5.24. The number of amides is 1. The van der Waals surface area contributed by atoms with Crippen LogP contribution in [0.1, 0.15) is 24.7 Å². The van der Waals surface area contributed by atoms with Crippen LogP contribution in [0.2, 0.25) is 0 Å². The van der Waals surface area contributed by atoms with Crippen molar-refractivity contribution in [2.75, 3.05) is 10.8 Å². The second-order valence-corrected chi connectivity index (χ2v) is 9.18. The van der Waals surface area contributed by atoms with Gasteiger partial charge < -0.3 is 5.32 Å². The van der Waals surface area contributed by atoms with E-state index in [0.717, 1.165) is 22.5 Å². The van der Waals surface area contributed by atoms with Crippen molar-refractivity contribution >= 4 is 44.6 Å². The van der Waals surface area contributed by atoms with Crippen LogP contribution in [0.3, 0.4) is 0 Å². The molecule has 1 amide bonds. The van der Waals surface area contributed by atoms with Gasteiger partial charge in [0.2, 0.25) is 5.91 Å². The molecule has 0 bridgehead atoms. The van der Waals surface area contributed by atoms with Crippen molar-refractivity contribution in [1.82, 2.24) is 20.1 Å². The van der Waals surface area contributed by atoms with Gasteiger partial charge in [-0.25, -0.2) is 8.42 Å². The summed E-state index contributed by atoms with van der Waals surface area (Å²) in [6.45, 7) is -0.0990. The molecule has 2 aromatic carbocycles. The molecule has 0 radical (unpaired) electrons. The Balaban J connectivity index is 1.37. The molecule has 0 atom stereocenters. The number of anilines is 1. The van der Waals surface area contributed by atoms with Gasteiger partial charge in [-0.3, -0.25) is 18.8 Å². The van der Waals surface area contributed by atoms with Gasteiger partial charge in [-0.05, 0) is 42.6 Å². The number of aromatic amines is 1. The summed E-state index contributed by atoms with van der Waals surface area (Å²) in [5.41, 5.74) is 0.531. The predicted molar refractivity (Wildman–Crippen MR) is 106 cm³/mol. The fraction of sp³-hybridized carbons (Fsp3) is 0.278. The van der Waals surface area contributed by atoms with Gasteiger partial charge in [-0.2, -0.15) is 5.10 Å². The van der Waals surface area contributed by atoms with Crippen LogP contribution >= 0.6 is 12.2 Å². The van der Waals surface area contributed by atoms with E-state index in [1.807, 2.05) is 16.7 Å². The maximum absolute atomic E-state index is 12.9. The number of rotatable bonds is 5. The summed E-state index contributed by atoms with van der Waals surface area (Å²) in [7, 11) is -3.76. The summed E-state index contributed by atoms with van der Waals surface area (Å²) in [6.07, 6.45) is 2.09. The zero-order valence-electron chi connectivity index (χ0n) is 14.8. The monoisotopic (exact) mass is 415 g/mol. The number of aromatic nitrogens is 3. The highest BCUT2D eigenvalue weighted by Crippen LogP contribution is 2.41. The third-order valence-electron chi connectivity index (χ3n) is 5.10. The molecular formula is C18H17N5O3S2. The van der Waals surface area contributed by atoms with Gasteiger partial charge in [0.05, 0.1) is 17.1 Å². The number of sulfonamides is 1. The van der Waals surface area contributed by atoms with Crippen molar-refractivity contribution in [1.29, 1.82) is 0 Å². The Morgan fingerprint density at radius 1 is 1.25 bits per heavy atom. The molecule has 2 heterocycles. The minimum absolute atomic E-state index is 0.188. The van der Waals surface area contributed by atoms with Gasteiger partial charge in [-0.1, -0.05) is 24.3 Å². The second kappa shape index (κ2) is 6.14. The van der Waals surface area contributed by atoms with Gasteiger partial charge in [0.25, 0.3) is 10.0 Å². The molecule has 2 N–H and O–H groups in total. The van der Waals surface area contributed by atoms with E-state index in [-0.39, 0.29) is 18.0 Å². The molecule has 0 saturated heterocycles. The topological polar surface area (TPSA) is 100 Å². The number of hydrogen-bond acceptors (Lipinski definition) is 5. The van der Waals surface area contributed by atoms with E-state index in [0.29, 0.717) is 27.7 Å². The molecule has 3 aromatic rings. The van der Waals surface area contributed by atoms with Crippen LogP contribution < -0.4 is 9.62 Å². The van der Waals surface area contributed by atoms with Crippen LogP contribution in [0.15, 0.2) is 41.3 Å². The Morgan fingerprint density at radius 2 is 2.00 bits per heavy atom. The first-order chi connectivity index (χ1) is 13.5. The number of nitrogens with one attached hydrogen (secondary N) is 2. The molecule has 0 spiro atoms. The van der Waals surface area contributed by atoms with Gasteiger partial charge in [-0.15, -0.1) is 0 Å². The Morgan fingerprint density at radius 3 is 2.75 bits per heavy atom. The zero-order chi connectivity index (χ0) is 19.5. The number of benzene rings is 2. The van der Waals surface area contributed by atoms with Gasteiger partial charge in [0.1, 0.15) is 6.54 Å². The SMILES string of the molecule is O=C(CN1c2cccc3cccc(c23)S1(=O)=O)NCc1n[nH]c(=S)n1C1CC1. The standard InChI is InChI=1S/C18H17N5O3S2/c24-16(19-9-15-20-21-18(27)23(15)12-7-8-12)10-22-13-5-1-3-11-4-2-6-14(17(11)13)28(22,25)26/h1-6,12H,7-10H2,(H,19,24)(H,21,27). The van der Waals surface area contributed by atoms with E-state index in [9.17, 15) is 13.2 Å². The highest BCUT2D eigenvalue weighted by molar-refractivity contribution is 7.93. The number of H-pyrrole nitrogens is 1. The average molecular weight is 416 g/mol. The quantitative estimate of drug-likeness (QED) is 0.623. The van der Waals surface area contributed by atoms with Crippen molar-refractivity contribution < 1.29 is 13.2 Å². The van der Waals surface area contributed by atoms with Gasteiger partial charge in [0, 0.05) is 11.4 Å². The van der Waals surface area contributed by atoms with E-state index in [1.54, 1.807) is 24.3 Å². The summed E-state index contributed by atoms with van der Waals surface area (Å²) in [5.74, 6) is 0.250. The van der Waals surface area contributed by atoms with Crippen molar-refractivity contribution in [2.45, 2.75) is 30.3 Å². The Labute approximate surface area is 166 Å². The van der Waals surface area contributed by atoms with Crippen LogP contribution in [0, 0.1) is 4.77 Å². The van der Waals surface area contributed by atoms with Crippen molar-refractivity contribution in [3.05, 3.63) is 47.0 Å². The van der Waals surface area contributed by atoms with E-state index in [1.165, 1.54) is 0 Å². The normalized spacial score (nSPS) is 17.2. The smallest absolute Gasteiger partial charge is 0.265 e. The Hall–Kier alpha value is -2.72. The molecule has 10 heteroatoms. The van der Waals surface area contributed by atoms with Crippen molar-refractivity contribution in [3.63, 3.8) is 0 Å². The Kier molecular flexibility index (Phi) is 3.81. The van der Waals surface area contributed by atoms with Crippen molar-refractivity contribution in [3.8, 4) is 0 Å². The first kappa shape index (κ1) is 17.4. The van der Waals surface area contributed by atoms with E-state index < -0.39 is 15.9 Å². The molecule has 1 aliphatic heterocycles. The highest BCUT2D eigenvalue weighted by Gasteiger charge is 2.36. The molecule has 28 heavy (non-hydrogen) atoms. The first-order valence-electron chi connectivity index (χ1n) is 8.94. The van der Waals surface area contributed by atoms with Crippen LogP contribution in [-0.2, 0) is 21.4 Å². The fourth-order valence-electron chi connectivity index (χ4n) is 3.66. The number of carbonyl (C=O) groups excluding carboxylic acids is 1. The molecule has 1 aromatic heterocycles. The molecule has 5 rings (SSSR count). The van der Waals surface area contributed by atoms with Crippen LogP contribution in [0.5, 0.6) is 0 Å². The molecule has 144 valence electrons. The fourth-order valence-corrected chi connectivity index (χ4v) is 5.63. The minimum Gasteiger partial charge on any atom is -0.347 e. The summed E-state index contributed by atoms with van der Waals surface area (Å²) in [5, 5.41) is 11.2. The van der Waals surface area contributed by atoms with Crippen LogP contribution in [0.4, 0.5) is 5.69 Å². The van der Waals surface area contributed by atoms with Gasteiger partial charge >= 0.3 is 0 Å². The predicted octanol–water partition coefficient (Wildman–Crippen LogP) is 2.25. The molecule has 1 fully saturated rings. The second-order valence-electron chi connectivity index (χ2n) is 6.97. The minimum atomic E-state index is -3.76. The lowest BCUT2D eigenvalue weighted by Crippen LogP contribution is -2.39. The maximum Gasteiger partial charge on any atom is 0.265 e. The van der Waals surface area contributed by atoms with Gasteiger partial charge in [0.15, 0.2) is 10.6 Å². The lowest BCUT2D eigenvalue weighted by molar-refractivity contribution is -0.119. The molecular weight excluding hydrogens is 398 g/mol. The van der Waals surface area contributed by atoms with E-state index in [2.05, 4.69) is 15.5 Å². The Bertz CT molecular complexity index is 1270. The van der Waals surface area contributed by atoms with E-state index >= 15 is 0 Å². The molecule has 0 unspecified atom stereocenters. The maximum atomic E-state index is 12.9. The molecule has 1 saturated carbocycles.